The molecule has 0 spiro atoms. The van der Waals surface area contributed by atoms with E-state index in [1.807, 2.05) is 30.3 Å². The first kappa shape index (κ1) is 14.0. The number of carboxylic acid groups (broad SMARTS) is 1. The van der Waals surface area contributed by atoms with Crippen LogP contribution in [0.4, 0.5) is 0 Å². The maximum absolute atomic E-state index is 10.3. The Morgan fingerprint density at radius 2 is 1.95 bits per heavy atom. The molecule has 1 aromatic carbocycles. The summed E-state index contributed by atoms with van der Waals surface area (Å²) >= 11 is 0. The van der Waals surface area contributed by atoms with Gasteiger partial charge in [-0.25, -0.2) is 4.79 Å². The van der Waals surface area contributed by atoms with Gasteiger partial charge >= 0.3 is 5.97 Å². The van der Waals surface area contributed by atoms with Crippen LogP contribution in [0.1, 0.15) is 11.8 Å². The van der Waals surface area contributed by atoms with Crippen molar-refractivity contribution in [2.45, 2.75) is 13.0 Å². The Morgan fingerprint density at radius 3 is 2.70 bits per heavy atom. The summed E-state index contributed by atoms with van der Waals surface area (Å²) in [5.41, 5.74) is 0. The molecule has 2 rings (SSSR count). The second-order valence-electron chi connectivity index (χ2n) is 3.89. The van der Waals surface area contributed by atoms with Gasteiger partial charge in [-0.15, -0.1) is 10.2 Å². The Labute approximate surface area is 115 Å². The monoisotopic (exact) mass is 278 g/mol. The molecular formula is C13H14N2O5. The minimum absolute atomic E-state index is 0.0150. The van der Waals surface area contributed by atoms with Gasteiger partial charge in [0.15, 0.2) is 0 Å². The molecule has 0 aliphatic carbocycles. The van der Waals surface area contributed by atoms with Crippen LogP contribution in [0.5, 0.6) is 5.75 Å². The first-order chi connectivity index (χ1) is 9.74. The molecular weight excluding hydrogens is 264 g/mol. The van der Waals surface area contributed by atoms with E-state index >= 15 is 0 Å². The van der Waals surface area contributed by atoms with E-state index in [1.165, 1.54) is 0 Å². The number of para-hydroxylation sites is 1. The lowest BCUT2D eigenvalue weighted by molar-refractivity contribution is -0.142. The number of hydrogen-bond donors (Lipinski definition) is 1. The molecule has 0 amide bonds. The van der Waals surface area contributed by atoms with Crippen LogP contribution >= 0.6 is 0 Å². The smallest absolute Gasteiger partial charge is 0.329 e. The van der Waals surface area contributed by atoms with Crippen LogP contribution < -0.4 is 4.74 Å². The third-order valence-electron chi connectivity index (χ3n) is 2.29. The molecule has 0 fully saturated rings. The van der Waals surface area contributed by atoms with E-state index in [1.54, 1.807) is 0 Å². The fraction of sp³-hybridized carbons (Fsp3) is 0.308. The van der Waals surface area contributed by atoms with Gasteiger partial charge in [0.25, 0.3) is 0 Å². The van der Waals surface area contributed by atoms with Gasteiger partial charge in [0.1, 0.15) is 19.0 Å². The number of rotatable bonds is 8. The minimum atomic E-state index is -1.04. The molecule has 1 N–H and O–H groups in total. The average molecular weight is 278 g/mol. The molecule has 0 atom stereocenters. The quantitative estimate of drug-likeness (QED) is 0.777. The second-order valence-corrected chi connectivity index (χ2v) is 3.89. The van der Waals surface area contributed by atoms with Gasteiger partial charge in [-0.2, -0.15) is 0 Å². The minimum Gasteiger partial charge on any atom is -0.493 e. The molecule has 0 aliphatic heterocycles. The predicted molar refractivity (Wildman–Crippen MR) is 67.2 cm³/mol. The van der Waals surface area contributed by atoms with Crippen LogP contribution in [0.15, 0.2) is 34.7 Å². The third kappa shape index (κ3) is 4.69. The van der Waals surface area contributed by atoms with Crippen molar-refractivity contribution in [1.82, 2.24) is 10.2 Å². The maximum atomic E-state index is 10.3. The Hall–Kier alpha value is -2.41. The first-order valence-corrected chi connectivity index (χ1v) is 6.02. The summed E-state index contributed by atoms with van der Waals surface area (Å²) < 4.78 is 15.6. The molecule has 0 radical (unpaired) electrons. The van der Waals surface area contributed by atoms with Gasteiger partial charge in [0.05, 0.1) is 13.0 Å². The Morgan fingerprint density at radius 1 is 1.20 bits per heavy atom. The zero-order chi connectivity index (χ0) is 14.2. The molecule has 106 valence electrons. The van der Waals surface area contributed by atoms with Gasteiger partial charge in [-0.05, 0) is 12.1 Å². The number of carboxylic acids is 1. The number of nitrogens with zero attached hydrogens (tertiary/aromatic N) is 2. The van der Waals surface area contributed by atoms with E-state index in [2.05, 4.69) is 10.2 Å². The summed E-state index contributed by atoms with van der Waals surface area (Å²) in [6.45, 7) is 0.00923. The van der Waals surface area contributed by atoms with Crippen LogP contribution in [0.3, 0.4) is 0 Å². The molecule has 20 heavy (non-hydrogen) atoms. The van der Waals surface area contributed by atoms with E-state index in [0.29, 0.717) is 18.9 Å². The lowest BCUT2D eigenvalue weighted by atomic mass is 10.3. The Bertz CT molecular complexity index is 541. The van der Waals surface area contributed by atoms with Crippen molar-refractivity contribution in [3.63, 3.8) is 0 Å². The highest BCUT2D eigenvalue weighted by atomic mass is 16.5. The van der Waals surface area contributed by atoms with Crippen LogP contribution in [0.2, 0.25) is 0 Å². The van der Waals surface area contributed by atoms with E-state index in [4.69, 9.17) is 19.0 Å². The summed E-state index contributed by atoms with van der Waals surface area (Å²) in [6.07, 6.45) is 0.473. The number of aliphatic carboxylic acids is 1. The van der Waals surface area contributed by atoms with Crippen molar-refractivity contribution in [2.24, 2.45) is 0 Å². The largest absolute Gasteiger partial charge is 0.493 e. The van der Waals surface area contributed by atoms with Crippen molar-refractivity contribution in [3.8, 4) is 5.75 Å². The number of ether oxygens (including phenoxy) is 2. The van der Waals surface area contributed by atoms with Gasteiger partial charge < -0.3 is 19.0 Å². The van der Waals surface area contributed by atoms with Crippen LogP contribution in [-0.4, -0.2) is 34.5 Å². The first-order valence-electron chi connectivity index (χ1n) is 6.02. The molecule has 0 aliphatic rings. The Kier molecular flexibility index (Phi) is 5.08. The number of hydrogen-bond acceptors (Lipinski definition) is 6. The number of carbonyl (C=O) groups is 1. The van der Waals surface area contributed by atoms with Gasteiger partial charge in [-0.1, -0.05) is 18.2 Å². The molecule has 7 nitrogen and oxygen atoms in total. The maximum Gasteiger partial charge on any atom is 0.329 e. The number of benzene rings is 1. The molecule has 0 saturated heterocycles. The van der Waals surface area contributed by atoms with Crippen LogP contribution in [0, 0.1) is 0 Å². The lowest BCUT2D eigenvalue weighted by Gasteiger charge is -2.02. The van der Waals surface area contributed by atoms with E-state index in [9.17, 15) is 4.79 Å². The SMILES string of the molecule is O=C(O)COCc1nnc(CCOc2ccccc2)o1. The fourth-order valence-corrected chi connectivity index (χ4v) is 1.45. The zero-order valence-corrected chi connectivity index (χ0v) is 10.7. The topological polar surface area (TPSA) is 94.7 Å². The highest BCUT2D eigenvalue weighted by Gasteiger charge is 2.07. The van der Waals surface area contributed by atoms with Gasteiger partial charge in [-0.3, -0.25) is 0 Å². The molecule has 0 saturated carbocycles. The normalized spacial score (nSPS) is 10.4. The van der Waals surface area contributed by atoms with Crippen molar-refractivity contribution in [1.29, 1.82) is 0 Å². The highest BCUT2D eigenvalue weighted by molar-refractivity contribution is 5.67. The molecule has 2 aromatic rings. The summed E-state index contributed by atoms with van der Waals surface area (Å²) in [4.78, 5) is 10.3. The van der Waals surface area contributed by atoms with Crippen molar-refractivity contribution >= 4 is 5.97 Å². The Balaban J connectivity index is 1.71. The summed E-state index contributed by atoms with van der Waals surface area (Å²) in [5.74, 6) is 0.411. The van der Waals surface area contributed by atoms with E-state index in [-0.39, 0.29) is 12.5 Å². The van der Waals surface area contributed by atoms with E-state index in [0.717, 1.165) is 5.75 Å². The molecule has 7 heteroatoms. The standard InChI is InChI=1S/C13H14N2O5/c16-13(17)9-18-8-12-15-14-11(20-12)6-7-19-10-4-2-1-3-5-10/h1-5H,6-9H2,(H,16,17). The predicted octanol–water partition coefficient (Wildman–Crippen LogP) is 1.29. The van der Waals surface area contributed by atoms with Gasteiger partial charge in [0.2, 0.25) is 11.8 Å². The van der Waals surface area contributed by atoms with Crippen molar-refractivity contribution in [2.75, 3.05) is 13.2 Å². The summed E-state index contributed by atoms with van der Waals surface area (Å²) in [5, 5.41) is 16.0. The molecule has 0 unspecified atom stereocenters. The van der Waals surface area contributed by atoms with Crippen LogP contribution in [-0.2, 0) is 22.6 Å². The fourth-order valence-electron chi connectivity index (χ4n) is 1.45. The van der Waals surface area contributed by atoms with Crippen LogP contribution in [0.25, 0.3) is 0 Å². The van der Waals surface area contributed by atoms with Crippen molar-refractivity contribution in [3.05, 3.63) is 42.1 Å². The third-order valence-corrected chi connectivity index (χ3v) is 2.29. The van der Waals surface area contributed by atoms with Gasteiger partial charge in [0, 0.05) is 0 Å². The molecule has 0 bridgehead atoms. The number of aromatic nitrogens is 2. The lowest BCUT2D eigenvalue weighted by Crippen LogP contribution is -2.06. The summed E-state index contributed by atoms with van der Waals surface area (Å²) in [7, 11) is 0. The molecule has 1 heterocycles. The second kappa shape index (κ2) is 7.25. The van der Waals surface area contributed by atoms with E-state index < -0.39 is 12.6 Å². The zero-order valence-electron chi connectivity index (χ0n) is 10.7. The molecule has 1 aromatic heterocycles. The highest BCUT2D eigenvalue weighted by Crippen LogP contribution is 2.09. The van der Waals surface area contributed by atoms with Crippen molar-refractivity contribution < 1.29 is 23.8 Å². The summed E-state index contributed by atoms with van der Waals surface area (Å²) in [6, 6.07) is 9.41. The average Bonchev–Trinajstić information content (AvgIpc) is 2.87.